The zero-order chi connectivity index (χ0) is 23.0. The number of carbonyl (C=O) groups excluding carboxylic acids is 1. The second-order valence-electron chi connectivity index (χ2n) is 10.3. The molecule has 3 nitrogen and oxygen atoms in total. The average Bonchev–Trinajstić information content (AvgIpc) is 2.77. The van der Waals surface area contributed by atoms with Crippen LogP contribution < -0.4 is 10.2 Å². The summed E-state index contributed by atoms with van der Waals surface area (Å²) < 4.78 is 0. The van der Waals surface area contributed by atoms with Crippen LogP contribution in [0.15, 0.2) is 18.2 Å². The highest BCUT2D eigenvalue weighted by Crippen LogP contribution is 2.30. The fourth-order valence-electron chi connectivity index (χ4n) is 4.89. The summed E-state index contributed by atoms with van der Waals surface area (Å²) in [6.07, 6.45) is 20.4. The van der Waals surface area contributed by atoms with Gasteiger partial charge in [-0.3, -0.25) is 4.79 Å². The van der Waals surface area contributed by atoms with Crippen LogP contribution in [0.3, 0.4) is 0 Å². The highest BCUT2D eigenvalue weighted by Gasteiger charge is 2.18. The Bertz CT molecular complexity index is 640. The third kappa shape index (κ3) is 10.9. The van der Waals surface area contributed by atoms with Crippen molar-refractivity contribution in [3.63, 3.8) is 0 Å². The molecule has 0 aliphatic carbocycles. The maximum absolute atomic E-state index is 12.4. The Balaban J connectivity index is 1.54. The van der Waals surface area contributed by atoms with Crippen molar-refractivity contribution in [2.75, 3.05) is 23.3 Å². The van der Waals surface area contributed by atoms with E-state index in [1.54, 1.807) is 0 Å². The summed E-state index contributed by atoms with van der Waals surface area (Å²) in [4.78, 5) is 14.9. The molecular formula is C29H50N2O. The standard InChI is InChI=1S/C29H50N2O/c1-4-5-6-7-8-9-10-11-12-13-14-15-16-19-29(32)30-27-21-20-26-18-17-22-31(24-25(2)3)28(26)23-27/h20-21,23,25H,4-19,22,24H2,1-3H3,(H,30,32). The van der Waals surface area contributed by atoms with E-state index in [9.17, 15) is 4.79 Å². The summed E-state index contributed by atoms with van der Waals surface area (Å²) in [5.41, 5.74) is 3.70. The molecule has 0 radical (unpaired) electrons. The molecule has 1 amide bonds. The van der Waals surface area contributed by atoms with Crippen molar-refractivity contribution in [1.29, 1.82) is 0 Å². The Hall–Kier alpha value is -1.51. The molecule has 1 heterocycles. The molecule has 1 N–H and O–H groups in total. The molecule has 0 fully saturated rings. The number of rotatable bonds is 17. The van der Waals surface area contributed by atoms with Crippen LogP contribution >= 0.6 is 0 Å². The number of hydrogen-bond donors (Lipinski definition) is 1. The van der Waals surface area contributed by atoms with Crippen LogP contribution in [-0.2, 0) is 11.2 Å². The summed E-state index contributed by atoms with van der Waals surface area (Å²) in [6.45, 7) is 9.04. The number of anilines is 2. The number of hydrogen-bond acceptors (Lipinski definition) is 2. The summed E-state index contributed by atoms with van der Waals surface area (Å²) in [5, 5.41) is 3.14. The van der Waals surface area contributed by atoms with Crippen LogP contribution in [0.1, 0.15) is 123 Å². The molecule has 0 atom stereocenters. The lowest BCUT2D eigenvalue weighted by Crippen LogP contribution is -2.32. The zero-order valence-corrected chi connectivity index (χ0v) is 21.4. The third-order valence-corrected chi connectivity index (χ3v) is 6.68. The van der Waals surface area contributed by atoms with Gasteiger partial charge in [-0.2, -0.15) is 0 Å². The van der Waals surface area contributed by atoms with Gasteiger partial charge in [0.2, 0.25) is 5.91 Å². The lowest BCUT2D eigenvalue weighted by molar-refractivity contribution is -0.116. The molecule has 0 aromatic heterocycles. The van der Waals surface area contributed by atoms with Crippen LogP contribution in [0, 0.1) is 5.92 Å². The van der Waals surface area contributed by atoms with Gasteiger partial charge in [0.25, 0.3) is 0 Å². The molecule has 0 unspecified atom stereocenters. The topological polar surface area (TPSA) is 32.3 Å². The first-order valence-corrected chi connectivity index (χ1v) is 13.8. The quantitative estimate of drug-likeness (QED) is 0.245. The Morgan fingerprint density at radius 3 is 2.09 bits per heavy atom. The molecule has 32 heavy (non-hydrogen) atoms. The molecule has 1 aromatic rings. The van der Waals surface area contributed by atoms with Crippen molar-refractivity contribution in [2.45, 2.75) is 124 Å². The van der Waals surface area contributed by atoms with Gasteiger partial charge in [0.15, 0.2) is 0 Å². The largest absolute Gasteiger partial charge is 0.371 e. The number of nitrogens with one attached hydrogen (secondary N) is 1. The Morgan fingerprint density at radius 1 is 0.906 bits per heavy atom. The first kappa shape index (κ1) is 26.7. The van der Waals surface area contributed by atoms with Gasteiger partial charge >= 0.3 is 0 Å². The van der Waals surface area contributed by atoms with E-state index in [1.165, 1.54) is 94.7 Å². The lowest BCUT2D eigenvalue weighted by atomic mass is 10.00. The normalized spacial score (nSPS) is 13.4. The van der Waals surface area contributed by atoms with E-state index in [0.29, 0.717) is 12.3 Å². The van der Waals surface area contributed by atoms with Gasteiger partial charge in [-0.15, -0.1) is 0 Å². The highest BCUT2D eigenvalue weighted by molar-refractivity contribution is 5.91. The molecular weight excluding hydrogens is 392 g/mol. The predicted molar refractivity (Wildman–Crippen MR) is 141 cm³/mol. The van der Waals surface area contributed by atoms with E-state index in [0.717, 1.165) is 31.6 Å². The Kier molecular flexibility index (Phi) is 13.5. The van der Waals surface area contributed by atoms with Crippen LogP contribution in [0.2, 0.25) is 0 Å². The zero-order valence-electron chi connectivity index (χ0n) is 21.4. The minimum Gasteiger partial charge on any atom is -0.371 e. The van der Waals surface area contributed by atoms with E-state index in [2.05, 4.69) is 49.2 Å². The van der Waals surface area contributed by atoms with E-state index in [4.69, 9.17) is 0 Å². The number of carbonyl (C=O) groups is 1. The molecule has 1 aliphatic heterocycles. The van der Waals surface area contributed by atoms with Gasteiger partial charge in [-0.25, -0.2) is 0 Å². The van der Waals surface area contributed by atoms with Crippen LogP contribution in [0.25, 0.3) is 0 Å². The summed E-state index contributed by atoms with van der Waals surface area (Å²) in [6, 6.07) is 6.49. The number of amides is 1. The molecule has 0 bridgehead atoms. The highest BCUT2D eigenvalue weighted by atomic mass is 16.1. The molecule has 0 spiro atoms. The van der Waals surface area contributed by atoms with Gasteiger partial charge in [0.05, 0.1) is 0 Å². The predicted octanol–water partition coefficient (Wildman–Crippen LogP) is 8.52. The fraction of sp³-hybridized carbons (Fsp3) is 0.759. The molecule has 182 valence electrons. The second-order valence-corrected chi connectivity index (χ2v) is 10.3. The molecule has 0 saturated carbocycles. The van der Waals surface area contributed by atoms with Crippen molar-refractivity contribution in [3.8, 4) is 0 Å². The number of fused-ring (bicyclic) bond motifs is 1. The number of nitrogens with zero attached hydrogens (tertiary/aromatic N) is 1. The van der Waals surface area contributed by atoms with E-state index in [1.807, 2.05) is 0 Å². The van der Waals surface area contributed by atoms with E-state index in [-0.39, 0.29) is 5.91 Å². The summed E-state index contributed by atoms with van der Waals surface area (Å²) >= 11 is 0. The summed E-state index contributed by atoms with van der Waals surface area (Å²) in [7, 11) is 0. The minimum atomic E-state index is 0.166. The van der Waals surface area contributed by atoms with Gasteiger partial charge in [-0.1, -0.05) is 104 Å². The maximum Gasteiger partial charge on any atom is 0.224 e. The first-order chi connectivity index (χ1) is 15.6. The maximum atomic E-state index is 12.4. The molecule has 1 aliphatic rings. The minimum absolute atomic E-state index is 0.166. The number of aryl methyl sites for hydroxylation is 1. The number of benzene rings is 1. The van der Waals surface area contributed by atoms with Crippen molar-refractivity contribution in [3.05, 3.63) is 23.8 Å². The molecule has 0 saturated heterocycles. The van der Waals surface area contributed by atoms with Gasteiger partial charge in [0, 0.05) is 30.9 Å². The number of unbranched alkanes of at least 4 members (excludes halogenated alkanes) is 12. The molecule has 3 heteroatoms. The van der Waals surface area contributed by atoms with Crippen LogP contribution in [0.5, 0.6) is 0 Å². The van der Waals surface area contributed by atoms with Gasteiger partial charge < -0.3 is 10.2 Å². The van der Waals surface area contributed by atoms with E-state index < -0.39 is 0 Å². The summed E-state index contributed by atoms with van der Waals surface area (Å²) in [5.74, 6) is 0.814. The Morgan fingerprint density at radius 2 is 1.50 bits per heavy atom. The van der Waals surface area contributed by atoms with Gasteiger partial charge in [0.1, 0.15) is 0 Å². The van der Waals surface area contributed by atoms with Crippen molar-refractivity contribution >= 4 is 17.3 Å². The third-order valence-electron chi connectivity index (χ3n) is 6.68. The average molecular weight is 443 g/mol. The SMILES string of the molecule is CCCCCCCCCCCCCCCC(=O)Nc1ccc2c(c1)N(CC(C)C)CCC2. The van der Waals surface area contributed by atoms with Gasteiger partial charge in [-0.05, 0) is 42.9 Å². The molecule has 1 aromatic carbocycles. The smallest absolute Gasteiger partial charge is 0.224 e. The van der Waals surface area contributed by atoms with E-state index >= 15 is 0 Å². The second kappa shape index (κ2) is 16.2. The van der Waals surface area contributed by atoms with Crippen molar-refractivity contribution in [2.24, 2.45) is 5.92 Å². The van der Waals surface area contributed by atoms with Crippen LogP contribution in [-0.4, -0.2) is 19.0 Å². The first-order valence-electron chi connectivity index (χ1n) is 13.8. The lowest BCUT2D eigenvalue weighted by Gasteiger charge is -2.33. The van der Waals surface area contributed by atoms with Crippen molar-refractivity contribution in [1.82, 2.24) is 0 Å². The van der Waals surface area contributed by atoms with Crippen molar-refractivity contribution < 1.29 is 4.79 Å². The fourth-order valence-corrected chi connectivity index (χ4v) is 4.89. The Labute approximate surface area is 198 Å². The monoisotopic (exact) mass is 442 g/mol. The van der Waals surface area contributed by atoms with Crippen LogP contribution in [0.4, 0.5) is 11.4 Å². The molecule has 2 rings (SSSR count).